The maximum Gasteiger partial charge on any atom is 0.331 e. The van der Waals surface area contributed by atoms with Crippen molar-refractivity contribution in [1.82, 2.24) is 4.90 Å². The van der Waals surface area contributed by atoms with Gasteiger partial charge in [-0.25, -0.2) is 4.79 Å². The number of ether oxygens (including phenoxy) is 1. The number of hydrogen-bond donors (Lipinski definition) is 1. The summed E-state index contributed by atoms with van der Waals surface area (Å²) in [5.74, 6) is -0.413. The average molecular weight is 278 g/mol. The Morgan fingerprint density at radius 2 is 1.75 bits per heavy atom. The summed E-state index contributed by atoms with van der Waals surface area (Å²) in [5.41, 5.74) is 6.15. The first-order valence-electron chi connectivity index (χ1n) is 6.80. The molecule has 4 nitrogen and oxygen atoms in total. The summed E-state index contributed by atoms with van der Waals surface area (Å²) in [5, 5.41) is 0. The molecule has 112 valence electrons. The van der Waals surface area contributed by atoms with E-state index in [2.05, 4.69) is 25.7 Å². The molecule has 0 spiro atoms. The fourth-order valence-electron chi connectivity index (χ4n) is 2.48. The first-order valence-corrected chi connectivity index (χ1v) is 6.80. The van der Waals surface area contributed by atoms with E-state index in [1.165, 1.54) is 7.11 Å². The summed E-state index contributed by atoms with van der Waals surface area (Å²) in [6.45, 7) is 7.73. The molecule has 20 heavy (non-hydrogen) atoms. The molecule has 1 atom stereocenters. The fraction of sp³-hybridized carbons (Fsp3) is 0.562. The summed E-state index contributed by atoms with van der Waals surface area (Å²) in [7, 11) is 3.34. The highest BCUT2D eigenvalue weighted by atomic mass is 16.5. The van der Waals surface area contributed by atoms with Gasteiger partial charge >= 0.3 is 5.97 Å². The third-order valence-corrected chi connectivity index (χ3v) is 3.10. The molecule has 1 unspecified atom stereocenters. The summed E-state index contributed by atoms with van der Waals surface area (Å²) in [6, 6.07) is 9.39. The van der Waals surface area contributed by atoms with Crippen LogP contribution in [-0.2, 0) is 15.1 Å². The van der Waals surface area contributed by atoms with Gasteiger partial charge in [-0.2, -0.15) is 0 Å². The molecule has 0 aliphatic rings. The van der Waals surface area contributed by atoms with E-state index in [1.54, 1.807) is 0 Å². The number of methoxy groups -OCH3 is 1. The van der Waals surface area contributed by atoms with Crippen LogP contribution >= 0.6 is 0 Å². The Balaban J connectivity index is 2.99. The quantitative estimate of drug-likeness (QED) is 0.837. The van der Waals surface area contributed by atoms with Crippen molar-refractivity contribution in [2.75, 3.05) is 27.2 Å². The SMILES string of the molecule is COC(=O)C(N)(CN(C)CC(C)(C)C)c1ccccc1. The molecule has 0 fully saturated rings. The zero-order valence-corrected chi connectivity index (χ0v) is 13.1. The van der Waals surface area contributed by atoms with Gasteiger partial charge in [0.15, 0.2) is 5.54 Å². The predicted molar refractivity (Wildman–Crippen MR) is 81.3 cm³/mol. The summed E-state index contributed by atoms with van der Waals surface area (Å²) < 4.78 is 4.91. The van der Waals surface area contributed by atoms with Crippen LogP contribution in [0.1, 0.15) is 26.3 Å². The second-order valence-corrected chi connectivity index (χ2v) is 6.56. The molecule has 1 rings (SSSR count). The van der Waals surface area contributed by atoms with Crippen molar-refractivity contribution >= 4 is 5.97 Å². The molecular weight excluding hydrogens is 252 g/mol. The molecule has 0 amide bonds. The van der Waals surface area contributed by atoms with Crippen LogP contribution in [0.5, 0.6) is 0 Å². The smallest absolute Gasteiger partial charge is 0.331 e. The topological polar surface area (TPSA) is 55.6 Å². The van der Waals surface area contributed by atoms with Gasteiger partial charge in [-0.15, -0.1) is 0 Å². The Morgan fingerprint density at radius 1 is 1.20 bits per heavy atom. The Hall–Kier alpha value is -1.39. The van der Waals surface area contributed by atoms with E-state index >= 15 is 0 Å². The lowest BCUT2D eigenvalue weighted by atomic mass is 9.89. The van der Waals surface area contributed by atoms with Gasteiger partial charge in [-0.05, 0) is 18.0 Å². The highest BCUT2D eigenvalue weighted by Gasteiger charge is 2.38. The second kappa shape index (κ2) is 6.37. The van der Waals surface area contributed by atoms with Crippen LogP contribution in [0.25, 0.3) is 0 Å². The van der Waals surface area contributed by atoms with E-state index in [9.17, 15) is 4.79 Å². The number of nitrogens with zero attached hydrogens (tertiary/aromatic N) is 1. The van der Waals surface area contributed by atoms with Crippen molar-refractivity contribution in [2.45, 2.75) is 26.3 Å². The maximum absolute atomic E-state index is 12.2. The second-order valence-electron chi connectivity index (χ2n) is 6.56. The number of likely N-dealkylation sites (N-methyl/N-ethyl adjacent to an activating group) is 1. The Kier molecular flexibility index (Phi) is 5.31. The Morgan fingerprint density at radius 3 is 2.20 bits per heavy atom. The van der Waals surface area contributed by atoms with Gasteiger partial charge in [0.25, 0.3) is 0 Å². The molecule has 0 aliphatic heterocycles. The molecule has 2 N–H and O–H groups in total. The number of esters is 1. The van der Waals surface area contributed by atoms with Gasteiger partial charge in [0.05, 0.1) is 7.11 Å². The molecule has 0 heterocycles. The van der Waals surface area contributed by atoms with Crippen molar-refractivity contribution in [3.63, 3.8) is 0 Å². The summed E-state index contributed by atoms with van der Waals surface area (Å²) >= 11 is 0. The normalized spacial score (nSPS) is 14.9. The number of carbonyl (C=O) groups excluding carboxylic acids is 1. The number of benzene rings is 1. The van der Waals surface area contributed by atoms with Crippen LogP contribution in [0.15, 0.2) is 30.3 Å². The molecule has 0 radical (unpaired) electrons. The summed E-state index contributed by atoms with van der Waals surface area (Å²) in [6.07, 6.45) is 0. The average Bonchev–Trinajstić information content (AvgIpc) is 2.36. The van der Waals surface area contributed by atoms with E-state index in [1.807, 2.05) is 37.4 Å². The van der Waals surface area contributed by atoms with Crippen LogP contribution in [0.4, 0.5) is 0 Å². The highest BCUT2D eigenvalue weighted by Crippen LogP contribution is 2.23. The predicted octanol–water partition coefficient (Wildman–Crippen LogP) is 1.99. The van der Waals surface area contributed by atoms with Gasteiger partial charge in [-0.1, -0.05) is 51.1 Å². The zero-order valence-electron chi connectivity index (χ0n) is 13.1. The molecular formula is C16H26N2O2. The van der Waals surface area contributed by atoms with Crippen molar-refractivity contribution < 1.29 is 9.53 Å². The molecule has 4 heteroatoms. The third kappa shape index (κ3) is 4.32. The number of nitrogens with two attached hydrogens (primary N) is 1. The first kappa shape index (κ1) is 16.7. The van der Waals surface area contributed by atoms with E-state index in [4.69, 9.17) is 10.5 Å². The van der Waals surface area contributed by atoms with Crippen molar-refractivity contribution in [2.24, 2.45) is 11.1 Å². The monoisotopic (exact) mass is 278 g/mol. The molecule has 0 saturated heterocycles. The lowest BCUT2D eigenvalue weighted by molar-refractivity contribution is -0.148. The lowest BCUT2D eigenvalue weighted by Gasteiger charge is -2.34. The van der Waals surface area contributed by atoms with Gasteiger partial charge in [0.1, 0.15) is 0 Å². The van der Waals surface area contributed by atoms with Gasteiger partial charge in [0, 0.05) is 13.1 Å². The molecule has 0 bridgehead atoms. The Bertz CT molecular complexity index is 440. The minimum atomic E-state index is -1.14. The fourth-order valence-corrected chi connectivity index (χ4v) is 2.48. The van der Waals surface area contributed by atoms with E-state index in [0.29, 0.717) is 6.54 Å². The van der Waals surface area contributed by atoms with Crippen LogP contribution in [-0.4, -0.2) is 38.1 Å². The van der Waals surface area contributed by atoms with Crippen molar-refractivity contribution in [3.8, 4) is 0 Å². The minimum Gasteiger partial charge on any atom is -0.467 e. The number of hydrogen-bond acceptors (Lipinski definition) is 4. The van der Waals surface area contributed by atoms with E-state index < -0.39 is 11.5 Å². The largest absolute Gasteiger partial charge is 0.467 e. The third-order valence-electron chi connectivity index (χ3n) is 3.10. The van der Waals surface area contributed by atoms with Crippen LogP contribution in [0, 0.1) is 5.41 Å². The minimum absolute atomic E-state index is 0.141. The molecule has 0 aliphatic carbocycles. The van der Waals surface area contributed by atoms with E-state index in [-0.39, 0.29) is 5.41 Å². The maximum atomic E-state index is 12.2. The van der Waals surface area contributed by atoms with Crippen molar-refractivity contribution in [1.29, 1.82) is 0 Å². The van der Waals surface area contributed by atoms with Gasteiger partial charge in [-0.3, -0.25) is 0 Å². The number of rotatable bonds is 5. The van der Waals surface area contributed by atoms with Crippen LogP contribution < -0.4 is 5.73 Å². The first-order chi connectivity index (χ1) is 9.19. The zero-order chi connectivity index (χ0) is 15.4. The molecule has 0 saturated carbocycles. The molecule has 1 aromatic carbocycles. The standard InChI is InChI=1S/C16H26N2O2/c1-15(2,3)11-18(4)12-16(17,14(19)20-5)13-9-7-6-8-10-13/h6-10H,11-12,17H2,1-5H3. The Labute approximate surface area is 121 Å². The molecule has 0 aromatic heterocycles. The van der Waals surface area contributed by atoms with Crippen LogP contribution in [0.3, 0.4) is 0 Å². The van der Waals surface area contributed by atoms with Crippen molar-refractivity contribution in [3.05, 3.63) is 35.9 Å². The lowest BCUT2D eigenvalue weighted by Crippen LogP contribution is -2.54. The van der Waals surface area contributed by atoms with Gasteiger partial charge < -0.3 is 15.4 Å². The van der Waals surface area contributed by atoms with Crippen LogP contribution in [0.2, 0.25) is 0 Å². The van der Waals surface area contributed by atoms with Gasteiger partial charge in [0.2, 0.25) is 0 Å². The summed E-state index contributed by atoms with van der Waals surface area (Å²) in [4.78, 5) is 14.2. The highest BCUT2D eigenvalue weighted by molar-refractivity contribution is 5.82. The number of carbonyl (C=O) groups is 1. The molecule has 1 aromatic rings. The van der Waals surface area contributed by atoms with E-state index in [0.717, 1.165) is 12.1 Å².